The van der Waals surface area contributed by atoms with Crippen LogP contribution in [-0.2, 0) is 6.54 Å². The number of imidazole rings is 1. The Balaban J connectivity index is 1.91. The van der Waals surface area contributed by atoms with Crippen LogP contribution in [-0.4, -0.2) is 19.5 Å². The Kier molecular flexibility index (Phi) is 3.60. The van der Waals surface area contributed by atoms with Crippen molar-refractivity contribution in [3.05, 3.63) is 72.1 Å². The molecule has 120 valence electrons. The van der Waals surface area contributed by atoms with Crippen LogP contribution in [0.2, 0.25) is 0 Å². The number of benzene rings is 2. The lowest BCUT2D eigenvalue weighted by molar-refractivity contribution is 0.823. The molecule has 0 saturated carbocycles. The first-order chi connectivity index (χ1) is 12.3. The van der Waals surface area contributed by atoms with Crippen molar-refractivity contribution >= 4 is 17.0 Å². The van der Waals surface area contributed by atoms with Gasteiger partial charge in [0.1, 0.15) is 12.2 Å². The number of anilines is 1. The highest BCUT2D eigenvalue weighted by Gasteiger charge is 2.16. The first-order valence-electron chi connectivity index (χ1n) is 7.77. The summed E-state index contributed by atoms with van der Waals surface area (Å²) in [5, 5.41) is 8.99. The van der Waals surface area contributed by atoms with Crippen LogP contribution in [0.4, 0.5) is 5.82 Å². The molecule has 6 nitrogen and oxygen atoms in total. The molecule has 2 heterocycles. The molecule has 4 aromatic rings. The van der Waals surface area contributed by atoms with E-state index in [1.54, 1.807) is 12.1 Å². The van der Waals surface area contributed by atoms with Crippen LogP contribution in [0.25, 0.3) is 22.6 Å². The first-order valence-corrected chi connectivity index (χ1v) is 7.77. The molecule has 0 bridgehead atoms. The number of hydrogen-bond acceptors (Lipinski definition) is 5. The van der Waals surface area contributed by atoms with Gasteiger partial charge in [-0.3, -0.25) is 0 Å². The second-order valence-electron chi connectivity index (χ2n) is 5.63. The van der Waals surface area contributed by atoms with Gasteiger partial charge in [0.15, 0.2) is 17.0 Å². The maximum atomic E-state index is 8.99. The highest BCUT2D eigenvalue weighted by atomic mass is 15.2. The quantitative estimate of drug-likeness (QED) is 0.624. The van der Waals surface area contributed by atoms with Crippen LogP contribution in [0.1, 0.15) is 11.1 Å². The summed E-state index contributed by atoms with van der Waals surface area (Å²) in [6.45, 7) is 0.614. The van der Waals surface area contributed by atoms with Gasteiger partial charge in [0, 0.05) is 5.56 Å². The molecule has 0 aliphatic heterocycles. The molecule has 0 atom stereocenters. The molecule has 0 saturated heterocycles. The predicted molar refractivity (Wildman–Crippen MR) is 95.4 cm³/mol. The molecule has 0 fully saturated rings. The molecule has 0 radical (unpaired) electrons. The third-order valence-corrected chi connectivity index (χ3v) is 4.02. The van der Waals surface area contributed by atoms with E-state index in [-0.39, 0.29) is 0 Å². The molecule has 25 heavy (non-hydrogen) atoms. The summed E-state index contributed by atoms with van der Waals surface area (Å²) in [6, 6.07) is 19.5. The molecule has 0 amide bonds. The van der Waals surface area contributed by atoms with E-state index < -0.39 is 0 Å². The van der Waals surface area contributed by atoms with Gasteiger partial charge < -0.3 is 10.3 Å². The number of rotatable bonds is 3. The third-order valence-electron chi connectivity index (χ3n) is 4.02. The average Bonchev–Trinajstić information content (AvgIpc) is 3.03. The summed E-state index contributed by atoms with van der Waals surface area (Å²) in [7, 11) is 0. The van der Waals surface area contributed by atoms with Gasteiger partial charge in [0.25, 0.3) is 0 Å². The van der Waals surface area contributed by atoms with Gasteiger partial charge in [-0.1, -0.05) is 30.3 Å². The molecule has 2 aromatic carbocycles. The predicted octanol–water partition coefficient (Wildman–Crippen LogP) is 3.00. The number of aromatic nitrogens is 4. The van der Waals surface area contributed by atoms with E-state index in [2.05, 4.69) is 33.2 Å². The summed E-state index contributed by atoms with van der Waals surface area (Å²) in [6.07, 6.45) is 1.45. The van der Waals surface area contributed by atoms with Crippen LogP contribution in [0.15, 0.2) is 60.9 Å². The Morgan fingerprint density at radius 2 is 1.76 bits per heavy atom. The lowest BCUT2D eigenvalue weighted by Crippen LogP contribution is -2.03. The summed E-state index contributed by atoms with van der Waals surface area (Å²) < 4.78 is 2.02. The Labute approximate surface area is 144 Å². The van der Waals surface area contributed by atoms with Crippen LogP contribution >= 0.6 is 0 Å². The van der Waals surface area contributed by atoms with E-state index in [9.17, 15) is 0 Å². The highest BCUT2D eigenvalue weighted by molar-refractivity contribution is 5.85. The maximum Gasteiger partial charge on any atom is 0.166 e. The Bertz CT molecular complexity index is 1070. The molecular weight excluding hydrogens is 312 g/mol. The minimum Gasteiger partial charge on any atom is -0.382 e. The molecule has 0 unspecified atom stereocenters. The SMILES string of the molecule is N#Cc1ccc(-c2nc3c(N)ncnc3n2Cc2ccccc2)cc1. The summed E-state index contributed by atoms with van der Waals surface area (Å²) >= 11 is 0. The second-order valence-corrected chi connectivity index (χ2v) is 5.63. The monoisotopic (exact) mass is 326 g/mol. The molecule has 0 aliphatic rings. The van der Waals surface area contributed by atoms with Crippen molar-refractivity contribution in [1.82, 2.24) is 19.5 Å². The van der Waals surface area contributed by atoms with E-state index in [0.29, 0.717) is 29.1 Å². The van der Waals surface area contributed by atoms with Gasteiger partial charge in [-0.25, -0.2) is 15.0 Å². The van der Waals surface area contributed by atoms with Crippen molar-refractivity contribution in [2.45, 2.75) is 6.54 Å². The zero-order chi connectivity index (χ0) is 17.2. The lowest BCUT2D eigenvalue weighted by Gasteiger charge is -2.09. The van der Waals surface area contributed by atoms with E-state index >= 15 is 0 Å². The fourth-order valence-corrected chi connectivity index (χ4v) is 2.78. The average molecular weight is 326 g/mol. The smallest absolute Gasteiger partial charge is 0.166 e. The fraction of sp³-hybridized carbons (Fsp3) is 0.0526. The van der Waals surface area contributed by atoms with E-state index in [1.807, 2.05) is 34.9 Å². The van der Waals surface area contributed by atoms with Gasteiger partial charge >= 0.3 is 0 Å². The Morgan fingerprint density at radius 1 is 1.00 bits per heavy atom. The number of nitriles is 1. The molecule has 6 heteroatoms. The minimum atomic E-state index is 0.353. The van der Waals surface area contributed by atoms with Crippen molar-refractivity contribution in [3.63, 3.8) is 0 Å². The number of nitrogens with two attached hydrogens (primary N) is 1. The minimum absolute atomic E-state index is 0.353. The van der Waals surface area contributed by atoms with Crippen molar-refractivity contribution in [3.8, 4) is 17.5 Å². The maximum absolute atomic E-state index is 8.99. The van der Waals surface area contributed by atoms with Gasteiger partial charge in [-0.05, 0) is 29.8 Å². The van der Waals surface area contributed by atoms with Crippen molar-refractivity contribution < 1.29 is 0 Å². The largest absolute Gasteiger partial charge is 0.382 e. The number of nitrogens with zero attached hydrogens (tertiary/aromatic N) is 5. The summed E-state index contributed by atoms with van der Waals surface area (Å²) in [4.78, 5) is 13.1. The van der Waals surface area contributed by atoms with Gasteiger partial charge in [-0.15, -0.1) is 0 Å². The van der Waals surface area contributed by atoms with Crippen LogP contribution in [0.5, 0.6) is 0 Å². The zero-order valence-corrected chi connectivity index (χ0v) is 13.3. The Morgan fingerprint density at radius 3 is 2.48 bits per heavy atom. The molecule has 4 rings (SSSR count). The van der Waals surface area contributed by atoms with Gasteiger partial charge in [0.2, 0.25) is 0 Å². The Hall–Kier alpha value is -3.72. The van der Waals surface area contributed by atoms with E-state index in [0.717, 1.165) is 17.0 Å². The van der Waals surface area contributed by atoms with Gasteiger partial charge in [0.05, 0.1) is 18.2 Å². The summed E-state index contributed by atoms with van der Waals surface area (Å²) in [5.41, 5.74) is 9.89. The highest BCUT2D eigenvalue weighted by Crippen LogP contribution is 2.27. The standard InChI is InChI=1S/C19H14N6/c20-10-13-6-8-15(9-7-13)18-24-16-17(21)22-12-23-19(16)25(18)11-14-4-2-1-3-5-14/h1-9,12H,11H2,(H2,21,22,23). The zero-order valence-electron chi connectivity index (χ0n) is 13.3. The van der Waals surface area contributed by atoms with Gasteiger partial charge in [-0.2, -0.15) is 5.26 Å². The first kappa shape index (κ1) is 14.8. The van der Waals surface area contributed by atoms with E-state index in [4.69, 9.17) is 11.0 Å². The number of nitrogen functional groups attached to an aromatic ring is 1. The third kappa shape index (κ3) is 2.68. The van der Waals surface area contributed by atoms with Crippen LogP contribution in [0.3, 0.4) is 0 Å². The molecule has 2 N–H and O–H groups in total. The molecular formula is C19H14N6. The molecule has 0 aliphatic carbocycles. The van der Waals surface area contributed by atoms with Crippen molar-refractivity contribution in [2.24, 2.45) is 0 Å². The number of hydrogen-bond donors (Lipinski definition) is 1. The van der Waals surface area contributed by atoms with Crippen molar-refractivity contribution in [1.29, 1.82) is 5.26 Å². The molecule has 0 spiro atoms. The molecule has 2 aromatic heterocycles. The lowest BCUT2D eigenvalue weighted by atomic mass is 10.1. The van der Waals surface area contributed by atoms with Crippen LogP contribution in [0, 0.1) is 11.3 Å². The van der Waals surface area contributed by atoms with Crippen molar-refractivity contribution in [2.75, 3.05) is 5.73 Å². The van der Waals surface area contributed by atoms with E-state index in [1.165, 1.54) is 6.33 Å². The summed E-state index contributed by atoms with van der Waals surface area (Å²) in [5.74, 6) is 1.10. The van der Waals surface area contributed by atoms with Crippen LogP contribution < -0.4 is 5.73 Å². The normalized spacial score (nSPS) is 10.7. The fourth-order valence-electron chi connectivity index (χ4n) is 2.78. The second kappa shape index (κ2) is 6.06. The number of fused-ring (bicyclic) bond motifs is 1. The topological polar surface area (TPSA) is 93.4 Å².